The van der Waals surface area contributed by atoms with Crippen molar-refractivity contribution in [2.24, 2.45) is 0 Å². The zero-order valence-electron chi connectivity index (χ0n) is 22.0. The van der Waals surface area contributed by atoms with E-state index in [9.17, 15) is 0 Å². The van der Waals surface area contributed by atoms with E-state index in [1.165, 1.54) is 22.3 Å². The molecule has 0 fully saturated rings. The molecule has 5 aromatic rings. The third kappa shape index (κ3) is 4.88. The van der Waals surface area contributed by atoms with E-state index >= 15 is 0 Å². The van der Waals surface area contributed by atoms with Crippen LogP contribution in [0.2, 0.25) is 0 Å². The minimum absolute atomic E-state index is 0.0712. The number of benzene rings is 5. The topological polar surface area (TPSA) is 27.7 Å². The molecule has 3 heteroatoms. The van der Waals surface area contributed by atoms with Crippen LogP contribution in [0.15, 0.2) is 127 Å². The molecule has 0 aliphatic rings. The highest BCUT2D eigenvalue weighted by Crippen LogP contribution is 2.51. The summed E-state index contributed by atoms with van der Waals surface area (Å²) >= 11 is 0. The molecule has 0 unspecified atom stereocenters. The van der Waals surface area contributed by atoms with Gasteiger partial charge in [-0.1, -0.05) is 121 Å². The van der Waals surface area contributed by atoms with Crippen LogP contribution in [-0.2, 0) is 0 Å². The summed E-state index contributed by atoms with van der Waals surface area (Å²) < 4.78 is 18.2. The van der Waals surface area contributed by atoms with E-state index in [2.05, 4.69) is 103 Å². The molecule has 0 radical (unpaired) electrons. The van der Waals surface area contributed by atoms with Gasteiger partial charge < -0.3 is 14.2 Å². The molecule has 0 aliphatic carbocycles. The zero-order valence-corrected chi connectivity index (χ0v) is 22.0. The van der Waals surface area contributed by atoms with E-state index in [-0.39, 0.29) is 11.8 Å². The van der Waals surface area contributed by atoms with E-state index in [1.807, 2.05) is 24.3 Å². The predicted molar refractivity (Wildman–Crippen MR) is 154 cm³/mol. The van der Waals surface area contributed by atoms with Crippen molar-refractivity contribution in [1.29, 1.82) is 0 Å². The lowest BCUT2D eigenvalue weighted by Crippen LogP contribution is -2.12. The van der Waals surface area contributed by atoms with Gasteiger partial charge in [-0.05, 0) is 28.3 Å². The van der Waals surface area contributed by atoms with Crippen molar-refractivity contribution in [1.82, 2.24) is 0 Å². The minimum atomic E-state index is -0.0712. The van der Waals surface area contributed by atoms with Crippen molar-refractivity contribution < 1.29 is 14.2 Å². The first-order chi connectivity index (χ1) is 18.8. The third-order valence-corrected chi connectivity index (χ3v) is 7.01. The molecule has 0 spiro atoms. The Hall–Kier alpha value is -4.50. The number of methoxy groups -OCH3 is 3. The second-order valence-electron chi connectivity index (χ2n) is 9.16. The van der Waals surface area contributed by atoms with E-state index in [0.717, 1.165) is 11.1 Å². The van der Waals surface area contributed by atoms with Crippen molar-refractivity contribution in [2.75, 3.05) is 21.3 Å². The fourth-order valence-corrected chi connectivity index (χ4v) is 5.38. The summed E-state index contributed by atoms with van der Waals surface area (Å²) in [5.41, 5.74) is 6.73. The van der Waals surface area contributed by atoms with Gasteiger partial charge in [0, 0.05) is 23.0 Å². The fourth-order valence-electron chi connectivity index (χ4n) is 5.38. The third-order valence-electron chi connectivity index (χ3n) is 7.01. The highest BCUT2D eigenvalue weighted by molar-refractivity contribution is 5.66. The first-order valence-corrected chi connectivity index (χ1v) is 12.8. The number of ether oxygens (including phenoxy) is 3. The Labute approximate surface area is 225 Å². The SMILES string of the molecule is COc1c(C(c2ccccc2)c2ccccc2)cc(C(c2ccccc2)c2ccccc2)c(OC)c1OC. The molecule has 0 aliphatic heterocycles. The van der Waals surface area contributed by atoms with E-state index in [1.54, 1.807) is 21.3 Å². The van der Waals surface area contributed by atoms with Crippen LogP contribution in [0.1, 0.15) is 45.2 Å². The molecule has 5 aromatic carbocycles. The Morgan fingerprint density at radius 2 is 0.632 bits per heavy atom. The Kier molecular flexibility index (Phi) is 7.75. The molecular formula is C35H32O3. The molecule has 5 rings (SSSR count). The van der Waals surface area contributed by atoms with Crippen LogP contribution in [0.4, 0.5) is 0 Å². The normalized spacial score (nSPS) is 11.0. The van der Waals surface area contributed by atoms with Gasteiger partial charge in [-0.25, -0.2) is 0 Å². The summed E-state index contributed by atoms with van der Waals surface area (Å²) in [5, 5.41) is 0. The summed E-state index contributed by atoms with van der Waals surface area (Å²) in [6.45, 7) is 0. The summed E-state index contributed by atoms with van der Waals surface area (Å²) in [5.74, 6) is 1.80. The van der Waals surface area contributed by atoms with Gasteiger partial charge in [0.15, 0.2) is 11.5 Å². The average molecular weight is 501 g/mol. The summed E-state index contributed by atoms with van der Waals surface area (Å²) in [7, 11) is 5.06. The molecule has 38 heavy (non-hydrogen) atoms. The Morgan fingerprint density at radius 3 is 0.868 bits per heavy atom. The van der Waals surface area contributed by atoms with E-state index in [0.29, 0.717) is 17.2 Å². The van der Waals surface area contributed by atoms with Crippen LogP contribution in [0.5, 0.6) is 17.2 Å². The molecular weight excluding hydrogens is 468 g/mol. The van der Waals surface area contributed by atoms with Crippen LogP contribution >= 0.6 is 0 Å². The first kappa shape index (κ1) is 25.2. The Bertz CT molecular complexity index is 1260. The number of hydrogen-bond donors (Lipinski definition) is 0. The van der Waals surface area contributed by atoms with Crippen LogP contribution < -0.4 is 14.2 Å². The predicted octanol–water partition coefficient (Wildman–Crippen LogP) is 8.07. The molecule has 0 saturated carbocycles. The number of rotatable bonds is 9. The van der Waals surface area contributed by atoms with Crippen molar-refractivity contribution in [3.8, 4) is 17.2 Å². The van der Waals surface area contributed by atoms with Crippen molar-refractivity contribution in [3.05, 3.63) is 161 Å². The van der Waals surface area contributed by atoms with Gasteiger partial charge in [0.2, 0.25) is 5.75 Å². The minimum Gasteiger partial charge on any atom is -0.492 e. The smallest absolute Gasteiger partial charge is 0.203 e. The molecule has 190 valence electrons. The molecule has 0 amide bonds. The average Bonchev–Trinajstić information content (AvgIpc) is 2.99. The van der Waals surface area contributed by atoms with Gasteiger partial charge in [-0.15, -0.1) is 0 Å². The zero-order chi connectivity index (χ0) is 26.3. The van der Waals surface area contributed by atoms with Crippen molar-refractivity contribution in [3.63, 3.8) is 0 Å². The summed E-state index contributed by atoms with van der Waals surface area (Å²) in [4.78, 5) is 0. The largest absolute Gasteiger partial charge is 0.492 e. The molecule has 3 nitrogen and oxygen atoms in total. The maximum absolute atomic E-state index is 6.07. The highest BCUT2D eigenvalue weighted by atomic mass is 16.5. The Balaban J connectivity index is 1.85. The second-order valence-corrected chi connectivity index (χ2v) is 9.16. The molecule has 0 bridgehead atoms. The molecule has 0 heterocycles. The summed E-state index contributed by atoms with van der Waals surface area (Å²) in [6.07, 6.45) is 0. The van der Waals surface area contributed by atoms with Gasteiger partial charge >= 0.3 is 0 Å². The lowest BCUT2D eigenvalue weighted by atomic mass is 9.79. The van der Waals surface area contributed by atoms with Gasteiger partial charge in [-0.2, -0.15) is 0 Å². The highest BCUT2D eigenvalue weighted by Gasteiger charge is 2.31. The maximum atomic E-state index is 6.07. The fraction of sp³-hybridized carbons (Fsp3) is 0.143. The Morgan fingerprint density at radius 1 is 0.368 bits per heavy atom. The second kappa shape index (κ2) is 11.7. The van der Waals surface area contributed by atoms with E-state index in [4.69, 9.17) is 14.2 Å². The number of hydrogen-bond acceptors (Lipinski definition) is 3. The van der Waals surface area contributed by atoms with Crippen molar-refractivity contribution >= 4 is 0 Å². The molecule has 0 atom stereocenters. The standard InChI is InChI=1S/C35H32O3/c1-36-33-29(31(25-16-8-4-9-17-25)26-18-10-5-11-19-26)24-30(34(37-2)35(33)38-3)32(27-20-12-6-13-21-27)28-22-14-7-15-23-28/h4-24,31-32H,1-3H3. The van der Waals surface area contributed by atoms with E-state index < -0.39 is 0 Å². The quantitative estimate of drug-likeness (QED) is 0.192. The van der Waals surface area contributed by atoms with Crippen LogP contribution in [0, 0.1) is 0 Å². The van der Waals surface area contributed by atoms with Crippen LogP contribution in [0.25, 0.3) is 0 Å². The monoisotopic (exact) mass is 500 g/mol. The van der Waals surface area contributed by atoms with Crippen LogP contribution in [-0.4, -0.2) is 21.3 Å². The van der Waals surface area contributed by atoms with Gasteiger partial charge in [-0.3, -0.25) is 0 Å². The first-order valence-electron chi connectivity index (χ1n) is 12.8. The molecule has 0 aromatic heterocycles. The van der Waals surface area contributed by atoms with Crippen molar-refractivity contribution in [2.45, 2.75) is 11.8 Å². The lowest BCUT2D eigenvalue weighted by molar-refractivity contribution is 0.319. The summed E-state index contributed by atoms with van der Waals surface area (Å²) in [6, 6.07) is 44.4. The maximum Gasteiger partial charge on any atom is 0.203 e. The van der Waals surface area contributed by atoms with Crippen LogP contribution in [0.3, 0.4) is 0 Å². The van der Waals surface area contributed by atoms with Gasteiger partial charge in [0.25, 0.3) is 0 Å². The van der Waals surface area contributed by atoms with Gasteiger partial charge in [0.1, 0.15) is 0 Å². The molecule has 0 N–H and O–H groups in total. The molecule has 0 saturated heterocycles. The van der Waals surface area contributed by atoms with Gasteiger partial charge in [0.05, 0.1) is 21.3 Å². The lowest BCUT2D eigenvalue weighted by Gasteiger charge is -2.28.